The standard InChI is InChI=1S/C31H36N2O3/c1-23-15-17-26(18-16-23)21-33(30(34)22-36-28-14-8-9-24(2)19-28)29(20-25-10-4-3-5-11-25)31(35)32-27-12-6-7-13-27/h3-5,8-11,14-19,27,29H,6-7,12-13,20-22H2,1-2H3,(H,32,35). The summed E-state index contributed by atoms with van der Waals surface area (Å²) in [6.07, 6.45) is 4.69. The molecule has 1 N–H and O–H groups in total. The number of rotatable bonds is 10. The van der Waals surface area contributed by atoms with E-state index in [1.165, 1.54) is 0 Å². The number of ether oxygens (including phenoxy) is 1. The molecule has 1 aliphatic rings. The van der Waals surface area contributed by atoms with Gasteiger partial charge in [-0.1, -0.05) is 85.1 Å². The lowest BCUT2D eigenvalue weighted by Crippen LogP contribution is -2.53. The summed E-state index contributed by atoms with van der Waals surface area (Å²) in [5.74, 6) is 0.343. The molecule has 0 heterocycles. The molecule has 3 aromatic rings. The lowest BCUT2D eigenvalue weighted by molar-refractivity contribution is -0.143. The molecule has 4 rings (SSSR count). The summed E-state index contributed by atoms with van der Waals surface area (Å²) in [5.41, 5.74) is 4.22. The van der Waals surface area contributed by atoms with Gasteiger partial charge in [-0.2, -0.15) is 0 Å². The summed E-state index contributed by atoms with van der Waals surface area (Å²) in [4.78, 5) is 29.0. The van der Waals surface area contributed by atoms with Crippen molar-refractivity contribution in [3.8, 4) is 5.75 Å². The Morgan fingerprint density at radius 2 is 1.61 bits per heavy atom. The summed E-state index contributed by atoms with van der Waals surface area (Å²) in [6, 6.07) is 25.2. The zero-order chi connectivity index (χ0) is 25.3. The third-order valence-electron chi connectivity index (χ3n) is 6.80. The maximum absolute atomic E-state index is 13.7. The van der Waals surface area contributed by atoms with Crippen LogP contribution in [0.5, 0.6) is 5.75 Å². The molecule has 1 unspecified atom stereocenters. The fraction of sp³-hybridized carbons (Fsp3) is 0.355. The average molecular weight is 485 g/mol. The van der Waals surface area contributed by atoms with Crippen LogP contribution in [-0.2, 0) is 22.6 Å². The minimum atomic E-state index is -0.636. The first kappa shape index (κ1) is 25.5. The molecule has 0 saturated heterocycles. The third kappa shape index (κ3) is 7.20. The molecule has 3 aromatic carbocycles. The molecule has 1 fully saturated rings. The van der Waals surface area contributed by atoms with E-state index in [4.69, 9.17) is 4.74 Å². The molecule has 0 spiro atoms. The molecule has 0 radical (unpaired) electrons. The predicted molar refractivity (Wildman–Crippen MR) is 143 cm³/mol. The molecule has 36 heavy (non-hydrogen) atoms. The Labute approximate surface area is 214 Å². The second kappa shape index (κ2) is 12.4. The molecule has 5 heteroatoms. The molecule has 5 nitrogen and oxygen atoms in total. The number of nitrogens with one attached hydrogen (secondary N) is 1. The summed E-state index contributed by atoms with van der Waals surface area (Å²) in [6.45, 7) is 4.24. The minimum absolute atomic E-state index is 0.0956. The first-order chi connectivity index (χ1) is 17.5. The van der Waals surface area contributed by atoms with Crippen LogP contribution in [0.25, 0.3) is 0 Å². The van der Waals surface area contributed by atoms with Crippen LogP contribution in [-0.4, -0.2) is 35.4 Å². The van der Waals surface area contributed by atoms with Crippen molar-refractivity contribution in [2.45, 2.75) is 64.6 Å². The van der Waals surface area contributed by atoms with Gasteiger partial charge in [0.15, 0.2) is 6.61 Å². The van der Waals surface area contributed by atoms with Gasteiger partial charge in [0.25, 0.3) is 5.91 Å². The van der Waals surface area contributed by atoms with Gasteiger partial charge in [0.2, 0.25) is 5.91 Å². The first-order valence-electron chi connectivity index (χ1n) is 12.9. The molecule has 0 aromatic heterocycles. The maximum atomic E-state index is 13.7. The van der Waals surface area contributed by atoms with Crippen molar-refractivity contribution in [2.24, 2.45) is 0 Å². The monoisotopic (exact) mass is 484 g/mol. The van der Waals surface area contributed by atoms with E-state index in [-0.39, 0.29) is 24.5 Å². The largest absolute Gasteiger partial charge is 0.484 e. The molecule has 0 bridgehead atoms. The summed E-state index contributed by atoms with van der Waals surface area (Å²) < 4.78 is 5.88. The normalized spacial score (nSPS) is 14.3. The number of amides is 2. The fourth-order valence-corrected chi connectivity index (χ4v) is 4.74. The highest BCUT2D eigenvalue weighted by Gasteiger charge is 2.32. The molecule has 2 amide bonds. The van der Waals surface area contributed by atoms with E-state index in [0.717, 1.165) is 47.9 Å². The second-order valence-corrected chi connectivity index (χ2v) is 9.81. The molecule has 188 valence electrons. The Bertz CT molecular complexity index is 1140. The van der Waals surface area contributed by atoms with Gasteiger partial charge in [0.05, 0.1) is 0 Å². The molecular weight excluding hydrogens is 448 g/mol. The molecule has 1 aliphatic carbocycles. The number of carbonyl (C=O) groups excluding carboxylic acids is 2. The van der Waals surface area contributed by atoms with Gasteiger partial charge in [0.1, 0.15) is 11.8 Å². The van der Waals surface area contributed by atoms with E-state index in [2.05, 4.69) is 5.32 Å². The van der Waals surface area contributed by atoms with Crippen molar-refractivity contribution < 1.29 is 14.3 Å². The molecule has 0 aliphatic heterocycles. The summed E-state index contributed by atoms with van der Waals surface area (Å²) in [7, 11) is 0. The van der Waals surface area contributed by atoms with Gasteiger partial charge >= 0.3 is 0 Å². The van der Waals surface area contributed by atoms with Gasteiger partial charge in [-0.05, 0) is 55.5 Å². The van der Waals surface area contributed by atoms with Crippen molar-refractivity contribution in [2.75, 3.05) is 6.61 Å². The SMILES string of the molecule is Cc1ccc(CN(C(=O)COc2cccc(C)c2)C(Cc2ccccc2)C(=O)NC2CCCC2)cc1. The van der Waals surface area contributed by atoms with Crippen molar-refractivity contribution in [3.63, 3.8) is 0 Å². The zero-order valence-electron chi connectivity index (χ0n) is 21.3. The van der Waals surface area contributed by atoms with Crippen molar-refractivity contribution in [3.05, 3.63) is 101 Å². The number of hydrogen-bond acceptors (Lipinski definition) is 3. The summed E-state index contributed by atoms with van der Waals surface area (Å²) in [5, 5.41) is 3.24. The minimum Gasteiger partial charge on any atom is -0.484 e. The number of nitrogens with zero attached hydrogens (tertiary/aromatic N) is 1. The second-order valence-electron chi connectivity index (χ2n) is 9.81. The van der Waals surface area contributed by atoms with Crippen LogP contribution in [0.2, 0.25) is 0 Å². The van der Waals surface area contributed by atoms with E-state index >= 15 is 0 Å². The smallest absolute Gasteiger partial charge is 0.261 e. The van der Waals surface area contributed by atoms with Crippen LogP contribution >= 0.6 is 0 Å². The summed E-state index contributed by atoms with van der Waals surface area (Å²) >= 11 is 0. The quantitative estimate of drug-likeness (QED) is 0.420. The fourth-order valence-electron chi connectivity index (χ4n) is 4.74. The average Bonchev–Trinajstić information content (AvgIpc) is 3.39. The predicted octanol–water partition coefficient (Wildman–Crippen LogP) is 5.38. The maximum Gasteiger partial charge on any atom is 0.261 e. The zero-order valence-corrected chi connectivity index (χ0v) is 21.3. The van der Waals surface area contributed by atoms with Crippen molar-refractivity contribution in [1.82, 2.24) is 10.2 Å². The van der Waals surface area contributed by atoms with E-state index in [9.17, 15) is 9.59 Å². The van der Waals surface area contributed by atoms with Crippen LogP contribution in [0.1, 0.15) is 47.9 Å². The highest BCUT2D eigenvalue weighted by Crippen LogP contribution is 2.21. The molecule has 1 atom stereocenters. The Hall–Kier alpha value is -3.60. The van der Waals surface area contributed by atoms with E-state index < -0.39 is 6.04 Å². The molecule has 1 saturated carbocycles. The Morgan fingerprint density at radius 3 is 2.31 bits per heavy atom. The van der Waals surface area contributed by atoms with Crippen LogP contribution < -0.4 is 10.1 Å². The highest BCUT2D eigenvalue weighted by atomic mass is 16.5. The van der Waals surface area contributed by atoms with Gasteiger partial charge in [-0.15, -0.1) is 0 Å². The number of carbonyl (C=O) groups is 2. The lowest BCUT2D eigenvalue weighted by Gasteiger charge is -2.32. The number of aryl methyl sites for hydroxylation is 2. The lowest BCUT2D eigenvalue weighted by atomic mass is 10.0. The van der Waals surface area contributed by atoms with Gasteiger partial charge in [0, 0.05) is 19.0 Å². The Balaban J connectivity index is 1.60. The van der Waals surface area contributed by atoms with Crippen LogP contribution in [0, 0.1) is 13.8 Å². The Kier molecular flexibility index (Phi) is 8.77. The topological polar surface area (TPSA) is 58.6 Å². The third-order valence-corrected chi connectivity index (χ3v) is 6.80. The van der Waals surface area contributed by atoms with Crippen LogP contribution in [0.3, 0.4) is 0 Å². The van der Waals surface area contributed by atoms with E-state index in [1.54, 1.807) is 4.90 Å². The van der Waals surface area contributed by atoms with Crippen LogP contribution in [0.4, 0.5) is 0 Å². The van der Waals surface area contributed by atoms with Gasteiger partial charge in [-0.25, -0.2) is 0 Å². The van der Waals surface area contributed by atoms with Crippen molar-refractivity contribution in [1.29, 1.82) is 0 Å². The van der Waals surface area contributed by atoms with Gasteiger partial charge < -0.3 is 15.0 Å². The van der Waals surface area contributed by atoms with Crippen LogP contribution in [0.15, 0.2) is 78.9 Å². The number of hydrogen-bond donors (Lipinski definition) is 1. The first-order valence-corrected chi connectivity index (χ1v) is 12.9. The number of benzene rings is 3. The molecular formula is C31H36N2O3. The van der Waals surface area contributed by atoms with Crippen molar-refractivity contribution >= 4 is 11.8 Å². The van der Waals surface area contributed by atoms with E-state index in [0.29, 0.717) is 18.7 Å². The van der Waals surface area contributed by atoms with Gasteiger partial charge in [-0.3, -0.25) is 9.59 Å². The van der Waals surface area contributed by atoms with E-state index in [1.807, 2.05) is 92.7 Å². The Morgan fingerprint density at radius 1 is 0.889 bits per heavy atom. The highest BCUT2D eigenvalue weighted by molar-refractivity contribution is 5.88.